The Morgan fingerprint density at radius 3 is 1.42 bits per heavy atom. The molecule has 35 heteroatoms. The molecular formula is C64H93B3BrCl5F2N7O14S3+. The van der Waals surface area contributed by atoms with Crippen molar-refractivity contribution in [3.05, 3.63) is 143 Å². The van der Waals surface area contributed by atoms with Gasteiger partial charge in [-0.3, -0.25) is 14.3 Å². The van der Waals surface area contributed by atoms with Crippen molar-refractivity contribution >= 4 is 163 Å². The third-order valence-electron chi connectivity index (χ3n) is 16.4. The molecule has 0 bridgehead atoms. The van der Waals surface area contributed by atoms with Crippen molar-refractivity contribution in [3.63, 3.8) is 0 Å². The summed E-state index contributed by atoms with van der Waals surface area (Å²) in [5.74, 6) is -1.00. The monoisotopic (exact) mass is 1600 g/mol. The zero-order valence-corrected chi connectivity index (χ0v) is 66.2. The average molecular weight is 1610 g/mol. The number of anilines is 4. The summed E-state index contributed by atoms with van der Waals surface area (Å²) >= 11 is 23.4. The summed E-state index contributed by atoms with van der Waals surface area (Å²) in [4.78, 5) is 8.10. The third kappa shape index (κ3) is 29.3. The molecule has 5 aromatic rings. The second kappa shape index (κ2) is 39.3. The number of pyridine rings is 1. The van der Waals surface area contributed by atoms with Gasteiger partial charge in [0.1, 0.15) is 24.8 Å². The number of benzene rings is 4. The molecule has 99 heavy (non-hydrogen) atoms. The van der Waals surface area contributed by atoms with Gasteiger partial charge in [-0.05, 0) is 184 Å². The van der Waals surface area contributed by atoms with E-state index in [0.717, 1.165) is 72.5 Å². The van der Waals surface area contributed by atoms with Crippen LogP contribution in [0.5, 0.6) is 5.75 Å². The van der Waals surface area contributed by atoms with Crippen LogP contribution in [0.15, 0.2) is 114 Å². The number of sulfonamides is 2. The molecule has 9 rings (SSSR count). The molecule has 4 saturated heterocycles. The Bertz CT molecular complexity index is 3650. The molecule has 0 unspecified atom stereocenters. The van der Waals surface area contributed by atoms with Crippen LogP contribution in [-0.2, 0) is 68.4 Å². The Kier molecular flexibility index (Phi) is 35.5. The fraction of sp³-hybridized carbons (Fsp3) is 0.500. The predicted octanol–water partition coefficient (Wildman–Crippen LogP) is 11.4. The normalized spacial score (nSPS) is 17.7. The first-order valence-electron chi connectivity index (χ1n) is 31.1. The van der Waals surface area contributed by atoms with Crippen molar-refractivity contribution in [1.29, 1.82) is 0 Å². The minimum atomic E-state index is -3.49. The lowest BCUT2D eigenvalue weighted by Gasteiger charge is -2.32. The average Bonchev–Trinajstić information content (AvgIpc) is 1.64. The summed E-state index contributed by atoms with van der Waals surface area (Å²) in [5.41, 5.74) is 13.4. The van der Waals surface area contributed by atoms with Gasteiger partial charge in [0, 0.05) is 74.9 Å². The molecule has 4 fully saturated rings. The minimum Gasteiger partial charge on any atom is -0.485 e. The van der Waals surface area contributed by atoms with E-state index in [0.29, 0.717) is 28.9 Å². The first kappa shape index (κ1) is 89.3. The van der Waals surface area contributed by atoms with Crippen LogP contribution in [0.2, 0.25) is 5.02 Å². The van der Waals surface area contributed by atoms with Gasteiger partial charge in [-0.15, -0.1) is 34.8 Å². The van der Waals surface area contributed by atoms with Crippen LogP contribution in [0, 0.1) is 18.6 Å². The molecule has 5 heterocycles. The van der Waals surface area contributed by atoms with Crippen molar-refractivity contribution in [1.82, 2.24) is 14.8 Å². The maximum absolute atomic E-state index is 13.5. The van der Waals surface area contributed by atoms with E-state index in [1.54, 1.807) is 42.5 Å². The number of halogens is 8. The molecule has 0 saturated carbocycles. The zero-order valence-electron chi connectivity index (χ0n) is 58.4. The first-order valence-corrected chi connectivity index (χ1v) is 39.5. The summed E-state index contributed by atoms with van der Waals surface area (Å²) in [5, 5.41) is 0.760. The summed E-state index contributed by atoms with van der Waals surface area (Å²) < 4.78 is 146. The minimum absolute atomic E-state index is 0.0370. The van der Waals surface area contributed by atoms with Gasteiger partial charge in [0.2, 0.25) is 19.1 Å². The Labute approximate surface area is 619 Å². The highest BCUT2D eigenvalue weighted by atomic mass is 79.9. The van der Waals surface area contributed by atoms with E-state index >= 15 is 0 Å². The van der Waals surface area contributed by atoms with Crippen LogP contribution in [0.1, 0.15) is 95.6 Å². The van der Waals surface area contributed by atoms with E-state index in [1.807, 2.05) is 131 Å². The van der Waals surface area contributed by atoms with Crippen molar-refractivity contribution in [2.45, 2.75) is 130 Å². The number of hydrogen-bond donors (Lipinski definition) is 4. The SMILES string of the molecule is C=CS(=O)(=O)Nc1ccc(B2OC(C)(C)C(C)(C)O2)cc1.CC1(C)OB(c2ccc(N)cc2)OC1(C)C.CN1CCOCC1.ClCCl.Nc1ncc(Br)cc1OCc1c(F)ccc(F)c1Cl.O=S(=O)(Cl)CCCl.[CH2+]CN(CC)CCS(=O)(=O)Nc1ccc(B2OC(C)(C)C(C)(C)O2)cc1. The van der Waals surface area contributed by atoms with Gasteiger partial charge < -0.3 is 53.8 Å². The van der Waals surface area contributed by atoms with Gasteiger partial charge in [0.05, 0.1) is 75.6 Å². The molecule has 0 radical (unpaired) electrons. The molecule has 1 aromatic heterocycles. The number of aromatic nitrogens is 1. The standard InChI is InChI=1S/C18H30BN2O4S.C14H20BNO4S.C12H18BNO2.C12H8BrClF2N2O.C5H11NO.C2H4Cl2O2S.CH2Cl2/c1-7-21(8-2)13-14-26(22,23)20-16-11-9-15(10-12-16)19-24-17(3,4)18(5,6)25-19;1-6-21(17,18)16-12-9-7-11(8-10-12)15-19-13(2,3)14(4,5)20-15;1-11(2)12(3,4)16-13(15-11)9-5-7-10(14)8-6-9;13-6-3-10(12(17)18-4-6)19-5-7-8(15)1-2-9(16)11(7)14;1-6-2-4-7-5-3-6;3-1-2-7(4,5)6;2-1-3/h9-12,20H,1,7-8,13-14H2,2-6H3;6-10,16H,1H2,2-5H3;5-8H,14H2,1-4H3;1-4H,5H2,(H2,17,18);2-5H2,1H3;1-2H2;1H2/q+1;;;;;;. The Hall–Kier alpha value is -3.89. The molecule has 0 spiro atoms. The Morgan fingerprint density at radius 1 is 0.687 bits per heavy atom. The van der Waals surface area contributed by atoms with Gasteiger partial charge in [-0.1, -0.05) is 61.5 Å². The second-order valence-corrected chi connectivity index (χ2v) is 34.3. The first-order chi connectivity index (χ1) is 45.7. The molecule has 4 aromatic carbocycles. The molecule has 4 aliphatic rings. The molecule has 4 aliphatic heterocycles. The topological polar surface area (TPSA) is 272 Å². The predicted molar refractivity (Wildman–Crippen MR) is 406 cm³/mol. The van der Waals surface area contributed by atoms with Crippen molar-refractivity contribution in [2.24, 2.45) is 0 Å². The van der Waals surface area contributed by atoms with Crippen molar-refractivity contribution in [2.75, 3.05) is 96.6 Å². The number of likely N-dealkylation sites (N-methyl/N-ethyl adjacent to an activating group) is 1. The number of hydrogen-bond acceptors (Lipinski definition) is 19. The van der Waals surface area contributed by atoms with Crippen LogP contribution in [0.25, 0.3) is 0 Å². The number of ether oxygens (including phenoxy) is 2. The highest BCUT2D eigenvalue weighted by Crippen LogP contribution is 2.39. The number of nitrogens with two attached hydrogens (primary N) is 2. The van der Waals surface area contributed by atoms with E-state index in [9.17, 15) is 34.0 Å². The fourth-order valence-corrected chi connectivity index (χ4v) is 11.7. The Morgan fingerprint density at radius 2 is 1.08 bits per heavy atom. The fourth-order valence-electron chi connectivity index (χ4n) is 8.27. The van der Waals surface area contributed by atoms with E-state index in [2.05, 4.69) is 55.8 Å². The van der Waals surface area contributed by atoms with Gasteiger partial charge in [0.25, 0.3) is 10.0 Å². The molecule has 0 atom stereocenters. The molecule has 550 valence electrons. The number of rotatable bonds is 18. The highest BCUT2D eigenvalue weighted by Gasteiger charge is 2.54. The van der Waals surface area contributed by atoms with Crippen LogP contribution < -0.4 is 42.0 Å². The third-order valence-corrected chi connectivity index (χ3v) is 21.1. The molecule has 21 nitrogen and oxygen atoms in total. The largest absolute Gasteiger partial charge is 0.494 e. The summed E-state index contributed by atoms with van der Waals surface area (Å²) in [6.07, 6.45) is 1.50. The van der Waals surface area contributed by atoms with Crippen molar-refractivity contribution in [3.8, 4) is 5.75 Å². The summed E-state index contributed by atoms with van der Waals surface area (Å²) in [6, 6.07) is 25.1. The number of nitrogen functional groups attached to an aromatic ring is 2. The zero-order chi connectivity index (χ0) is 75.2. The van der Waals surface area contributed by atoms with Crippen molar-refractivity contribution < 1.29 is 71.4 Å². The molecule has 0 aliphatic carbocycles. The number of alkyl halides is 3. The lowest BCUT2D eigenvalue weighted by atomic mass is 9.79. The van der Waals surface area contributed by atoms with Gasteiger partial charge in [0.15, 0.2) is 11.6 Å². The lowest BCUT2D eigenvalue weighted by molar-refractivity contribution is 0.00578. The highest BCUT2D eigenvalue weighted by molar-refractivity contribution is 9.10. The number of nitrogens with one attached hydrogen (secondary N) is 2. The maximum atomic E-state index is 13.5. The van der Waals surface area contributed by atoms with E-state index in [1.165, 1.54) is 6.20 Å². The van der Waals surface area contributed by atoms with Gasteiger partial charge in [-0.25, -0.2) is 39.0 Å². The summed E-state index contributed by atoms with van der Waals surface area (Å²) in [6.45, 7) is 38.8. The van der Waals surface area contributed by atoms with E-state index in [4.69, 9.17) is 106 Å². The maximum Gasteiger partial charge on any atom is 0.494 e. The van der Waals surface area contributed by atoms with Crippen LogP contribution >= 0.6 is 73.0 Å². The van der Waals surface area contributed by atoms with Gasteiger partial charge >= 0.3 is 21.4 Å². The van der Waals surface area contributed by atoms with E-state index in [-0.39, 0.29) is 69.8 Å². The quantitative estimate of drug-likeness (QED) is 0.0158. The van der Waals surface area contributed by atoms with Crippen LogP contribution in [-0.4, -0.2) is 171 Å². The summed E-state index contributed by atoms with van der Waals surface area (Å²) in [7, 11) is -4.61. The van der Waals surface area contributed by atoms with Crippen LogP contribution in [0.4, 0.5) is 31.7 Å². The Balaban J connectivity index is 0.000000320. The number of nitrogens with zero attached hydrogens (tertiary/aromatic N) is 3. The van der Waals surface area contributed by atoms with Gasteiger partial charge in [-0.2, -0.15) is 0 Å². The van der Waals surface area contributed by atoms with Crippen LogP contribution in [0.3, 0.4) is 0 Å². The lowest BCUT2D eigenvalue weighted by Crippen LogP contribution is -2.41. The molecule has 6 N–H and O–H groups in total. The molecule has 0 amide bonds. The molecular weight excluding hydrogens is 1510 g/mol. The number of morpholine rings is 1. The van der Waals surface area contributed by atoms with E-state index < -0.39 is 77.4 Å². The second-order valence-electron chi connectivity index (χ2n) is 25.4. The smallest absolute Gasteiger partial charge is 0.485 e.